The minimum atomic E-state index is -1.00. The van der Waals surface area contributed by atoms with Crippen molar-refractivity contribution in [1.82, 2.24) is 9.97 Å². The Morgan fingerprint density at radius 1 is 0.972 bits per heavy atom. The molecule has 0 saturated carbocycles. The van der Waals surface area contributed by atoms with E-state index in [0.717, 1.165) is 45.2 Å². The van der Waals surface area contributed by atoms with Gasteiger partial charge in [0.25, 0.3) is 0 Å². The van der Waals surface area contributed by atoms with Crippen LogP contribution in [0, 0.1) is 0 Å². The van der Waals surface area contributed by atoms with Gasteiger partial charge in [-0.2, -0.15) is 0 Å². The predicted molar refractivity (Wildman–Crippen MR) is 143 cm³/mol. The van der Waals surface area contributed by atoms with Gasteiger partial charge in [-0.25, -0.2) is 14.8 Å². The Kier molecular flexibility index (Phi) is 7.85. The van der Waals surface area contributed by atoms with Gasteiger partial charge in [-0.3, -0.25) is 0 Å². The Hall–Kier alpha value is -3.91. The number of aromatic nitrogens is 2. The first-order valence-electron chi connectivity index (χ1n) is 10.9. The van der Waals surface area contributed by atoms with E-state index in [1.54, 1.807) is 7.11 Å². The van der Waals surface area contributed by atoms with E-state index in [-0.39, 0.29) is 29.6 Å². The SMILES string of the molecule is COc1ccc(-c2c(-c3ccccc3)oc3ncnc(Nc4cccc(/C=C/C(=O)O)c4)c23)cc1.[NaH]. The number of carbonyl (C=O) groups is 1. The maximum absolute atomic E-state index is 10.9. The second-order valence-corrected chi connectivity index (χ2v) is 7.73. The standard InChI is InChI=1S/C28H21N3O4.Na.H/c1-34-22-13-11-19(12-14-22)24-25-27(31-21-9-5-6-18(16-21)10-15-23(32)33)29-17-30-28(25)35-26(24)20-7-3-2-4-8-20;;/h2-17H,1H3,(H,32,33)(H,29,30,31);;/b15-10+;;. The molecule has 0 saturated heterocycles. The molecule has 5 aromatic rings. The summed E-state index contributed by atoms with van der Waals surface area (Å²) in [5.41, 5.74) is 4.66. The van der Waals surface area contributed by atoms with Crippen molar-refractivity contribution in [2.45, 2.75) is 0 Å². The molecule has 2 heterocycles. The van der Waals surface area contributed by atoms with Crippen molar-refractivity contribution >= 4 is 64.2 Å². The monoisotopic (exact) mass is 487 g/mol. The molecule has 2 aromatic heterocycles. The molecule has 0 unspecified atom stereocenters. The zero-order valence-electron chi connectivity index (χ0n) is 18.8. The van der Waals surface area contributed by atoms with Gasteiger partial charge in [0.1, 0.15) is 23.7 Å². The van der Waals surface area contributed by atoms with Crippen LogP contribution in [0.1, 0.15) is 5.56 Å². The molecule has 2 N–H and O–H groups in total. The van der Waals surface area contributed by atoms with Gasteiger partial charge in [-0.1, -0.05) is 54.6 Å². The number of carboxylic acid groups (broad SMARTS) is 1. The summed E-state index contributed by atoms with van der Waals surface area (Å²) in [5, 5.41) is 13.0. The van der Waals surface area contributed by atoms with Gasteiger partial charge in [0.15, 0.2) is 0 Å². The number of aliphatic carboxylic acids is 1. The van der Waals surface area contributed by atoms with Crippen molar-refractivity contribution in [3.05, 3.63) is 96.8 Å². The van der Waals surface area contributed by atoms with Crippen LogP contribution in [0.2, 0.25) is 0 Å². The second kappa shape index (κ2) is 11.2. The maximum atomic E-state index is 10.9. The molecule has 0 amide bonds. The van der Waals surface area contributed by atoms with E-state index >= 15 is 0 Å². The number of nitrogens with zero attached hydrogens (tertiary/aromatic N) is 2. The van der Waals surface area contributed by atoms with E-state index in [4.69, 9.17) is 14.3 Å². The van der Waals surface area contributed by atoms with Crippen LogP contribution >= 0.6 is 0 Å². The molecule has 5 rings (SSSR count). The van der Waals surface area contributed by atoms with Gasteiger partial charge in [-0.05, 0) is 41.5 Å². The molecule has 7 nitrogen and oxygen atoms in total. The Morgan fingerprint density at radius 3 is 2.47 bits per heavy atom. The van der Waals surface area contributed by atoms with Crippen molar-refractivity contribution in [1.29, 1.82) is 0 Å². The predicted octanol–water partition coefficient (Wildman–Crippen LogP) is 5.76. The summed E-state index contributed by atoms with van der Waals surface area (Å²) in [6.07, 6.45) is 4.10. The van der Waals surface area contributed by atoms with E-state index < -0.39 is 5.97 Å². The summed E-state index contributed by atoms with van der Waals surface area (Å²) >= 11 is 0. The zero-order valence-corrected chi connectivity index (χ0v) is 18.8. The Balaban J connectivity index is 0.00000304. The normalized spacial score (nSPS) is 10.8. The number of benzene rings is 3. The van der Waals surface area contributed by atoms with Crippen LogP contribution < -0.4 is 10.1 Å². The van der Waals surface area contributed by atoms with E-state index in [0.29, 0.717) is 17.3 Å². The molecule has 0 aliphatic heterocycles. The number of anilines is 2. The first kappa shape index (κ1) is 25.2. The molecule has 0 radical (unpaired) electrons. The van der Waals surface area contributed by atoms with Gasteiger partial charge in [-0.15, -0.1) is 0 Å². The summed E-state index contributed by atoms with van der Waals surface area (Å²) in [6.45, 7) is 0. The van der Waals surface area contributed by atoms with Crippen molar-refractivity contribution in [3.63, 3.8) is 0 Å². The van der Waals surface area contributed by atoms with Crippen LogP contribution in [0.4, 0.5) is 11.5 Å². The average Bonchev–Trinajstić information content (AvgIpc) is 3.29. The molecule has 0 atom stereocenters. The van der Waals surface area contributed by atoms with Crippen LogP contribution in [-0.4, -0.2) is 57.7 Å². The van der Waals surface area contributed by atoms with Crippen molar-refractivity contribution in [3.8, 4) is 28.2 Å². The molecule has 3 aromatic carbocycles. The van der Waals surface area contributed by atoms with E-state index in [1.807, 2.05) is 78.9 Å². The minimum absolute atomic E-state index is 0. The number of nitrogens with one attached hydrogen (secondary N) is 1. The van der Waals surface area contributed by atoms with Gasteiger partial charge < -0.3 is 19.6 Å². The number of carboxylic acids is 1. The Labute approximate surface area is 229 Å². The number of hydrogen-bond acceptors (Lipinski definition) is 6. The Bertz CT molecular complexity index is 1530. The molecular weight excluding hydrogens is 465 g/mol. The van der Waals surface area contributed by atoms with E-state index in [2.05, 4.69) is 15.3 Å². The van der Waals surface area contributed by atoms with E-state index in [1.165, 1.54) is 12.4 Å². The van der Waals surface area contributed by atoms with E-state index in [9.17, 15) is 4.79 Å². The third kappa shape index (κ3) is 5.33. The van der Waals surface area contributed by atoms with Gasteiger partial charge >= 0.3 is 35.5 Å². The number of fused-ring (bicyclic) bond motifs is 1. The molecule has 8 heteroatoms. The summed E-state index contributed by atoms with van der Waals surface area (Å²) in [6, 6.07) is 25.0. The third-order valence-corrected chi connectivity index (χ3v) is 5.47. The number of hydrogen-bond donors (Lipinski definition) is 2. The van der Waals surface area contributed by atoms with Gasteiger partial charge in [0.05, 0.1) is 12.5 Å². The summed E-state index contributed by atoms with van der Waals surface area (Å²) in [7, 11) is 1.63. The second-order valence-electron chi connectivity index (χ2n) is 7.73. The molecule has 0 aliphatic carbocycles. The van der Waals surface area contributed by atoms with Gasteiger partial charge in [0, 0.05) is 22.9 Å². The summed E-state index contributed by atoms with van der Waals surface area (Å²) in [4.78, 5) is 19.8. The topological polar surface area (TPSA) is 97.5 Å². The van der Waals surface area contributed by atoms with Crippen molar-refractivity contribution < 1.29 is 19.1 Å². The van der Waals surface area contributed by atoms with Crippen LogP contribution in [0.5, 0.6) is 5.75 Å². The third-order valence-electron chi connectivity index (χ3n) is 5.47. The zero-order chi connectivity index (χ0) is 24.2. The number of methoxy groups -OCH3 is 1. The fourth-order valence-corrected chi connectivity index (χ4v) is 3.88. The quantitative estimate of drug-likeness (QED) is 0.223. The number of ether oxygens (including phenoxy) is 1. The van der Waals surface area contributed by atoms with Crippen LogP contribution in [-0.2, 0) is 4.79 Å². The molecule has 174 valence electrons. The average molecular weight is 487 g/mol. The molecule has 0 fully saturated rings. The molecule has 36 heavy (non-hydrogen) atoms. The number of rotatable bonds is 7. The fraction of sp³-hybridized carbons (Fsp3) is 0.0357. The van der Waals surface area contributed by atoms with Gasteiger partial charge in [0.2, 0.25) is 5.71 Å². The molecular formula is C28H22N3NaO4. The van der Waals surface area contributed by atoms with Crippen LogP contribution in [0.15, 0.2) is 95.7 Å². The van der Waals surface area contributed by atoms with Crippen LogP contribution in [0.25, 0.3) is 39.6 Å². The molecule has 0 aliphatic rings. The Morgan fingerprint density at radius 2 is 1.75 bits per heavy atom. The van der Waals surface area contributed by atoms with Crippen LogP contribution in [0.3, 0.4) is 0 Å². The fourth-order valence-electron chi connectivity index (χ4n) is 3.88. The number of furan rings is 1. The first-order chi connectivity index (χ1) is 17.1. The summed E-state index contributed by atoms with van der Waals surface area (Å²) in [5.74, 6) is 1.01. The molecule has 0 bridgehead atoms. The molecule has 0 spiro atoms. The first-order valence-corrected chi connectivity index (χ1v) is 10.9. The summed E-state index contributed by atoms with van der Waals surface area (Å²) < 4.78 is 11.6. The van der Waals surface area contributed by atoms with Crippen molar-refractivity contribution in [2.75, 3.05) is 12.4 Å². The van der Waals surface area contributed by atoms with Crippen molar-refractivity contribution in [2.24, 2.45) is 0 Å².